The van der Waals surface area contributed by atoms with Crippen molar-refractivity contribution < 1.29 is 9.59 Å². The van der Waals surface area contributed by atoms with Gasteiger partial charge in [0.2, 0.25) is 11.8 Å². The molecule has 0 spiro atoms. The van der Waals surface area contributed by atoms with Gasteiger partial charge in [-0.3, -0.25) is 9.59 Å². The van der Waals surface area contributed by atoms with Crippen LogP contribution in [0.25, 0.3) is 0 Å². The smallest absolute Gasteiger partial charge is 0.249 e. The first-order valence-corrected chi connectivity index (χ1v) is 6.69. The molecule has 0 aliphatic carbocycles. The number of nitrogens with one attached hydrogen (secondary N) is 2. The fourth-order valence-corrected chi connectivity index (χ4v) is 2.18. The highest BCUT2D eigenvalue weighted by molar-refractivity contribution is 7.10. The van der Waals surface area contributed by atoms with Crippen LogP contribution in [0.2, 0.25) is 0 Å². The van der Waals surface area contributed by atoms with E-state index in [2.05, 4.69) is 10.6 Å². The minimum atomic E-state index is -0.428. The Bertz CT molecular complexity index is 429. The van der Waals surface area contributed by atoms with E-state index in [-0.39, 0.29) is 18.0 Å². The van der Waals surface area contributed by atoms with Crippen LogP contribution in [0.15, 0.2) is 11.4 Å². The predicted octanol–water partition coefficient (Wildman–Crippen LogP) is 0.850. The van der Waals surface area contributed by atoms with Crippen molar-refractivity contribution >= 4 is 23.2 Å². The molecular formula is C12H19N3O2S. The van der Waals surface area contributed by atoms with Crippen LogP contribution in [-0.2, 0) is 11.3 Å². The molecule has 6 heteroatoms. The average molecular weight is 269 g/mol. The number of nitrogens with two attached hydrogens (primary N) is 1. The van der Waals surface area contributed by atoms with Gasteiger partial charge in [0.15, 0.2) is 0 Å². The number of rotatable bonds is 6. The molecule has 18 heavy (non-hydrogen) atoms. The summed E-state index contributed by atoms with van der Waals surface area (Å²) in [6.45, 7) is 6.19. The maximum absolute atomic E-state index is 11.6. The Kier molecular flexibility index (Phi) is 5.30. The van der Waals surface area contributed by atoms with Crippen LogP contribution in [0.3, 0.4) is 0 Å². The number of hydrogen-bond acceptors (Lipinski definition) is 4. The standard InChI is InChI=1S/C12H19N3O2S/c1-7(2)15-12(17)8(3)14-5-10-4-9(6-18-10)11(13)16/h4,6-8,14H,5H2,1-3H3,(H2,13,16)(H,15,17). The fourth-order valence-electron chi connectivity index (χ4n) is 1.36. The molecule has 0 radical (unpaired) electrons. The molecule has 5 nitrogen and oxygen atoms in total. The van der Waals surface area contributed by atoms with Crippen molar-refractivity contribution in [3.05, 3.63) is 21.9 Å². The van der Waals surface area contributed by atoms with Gasteiger partial charge < -0.3 is 16.4 Å². The summed E-state index contributed by atoms with van der Waals surface area (Å²) in [5, 5.41) is 7.65. The van der Waals surface area contributed by atoms with E-state index in [9.17, 15) is 9.59 Å². The molecule has 1 aromatic heterocycles. The lowest BCUT2D eigenvalue weighted by Gasteiger charge is -2.15. The lowest BCUT2D eigenvalue weighted by atomic mass is 10.2. The zero-order valence-corrected chi connectivity index (χ0v) is 11.6. The minimum Gasteiger partial charge on any atom is -0.366 e. The molecule has 1 atom stereocenters. The Morgan fingerprint density at radius 3 is 2.56 bits per heavy atom. The normalized spacial score (nSPS) is 12.4. The highest BCUT2D eigenvalue weighted by Crippen LogP contribution is 2.14. The maximum atomic E-state index is 11.6. The van der Waals surface area contributed by atoms with Crippen LogP contribution in [0.5, 0.6) is 0 Å². The van der Waals surface area contributed by atoms with Crippen LogP contribution in [0, 0.1) is 0 Å². The first kappa shape index (κ1) is 14.7. The Labute approximate surface area is 111 Å². The third-order valence-electron chi connectivity index (χ3n) is 2.34. The van der Waals surface area contributed by atoms with Crippen molar-refractivity contribution in [3.8, 4) is 0 Å². The minimum absolute atomic E-state index is 0.0309. The van der Waals surface area contributed by atoms with E-state index in [0.29, 0.717) is 12.1 Å². The number of thiophene rings is 1. The molecule has 0 aliphatic rings. The van der Waals surface area contributed by atoms with Crippen LogP contribution < -0.4 is 16.4 Å². The van der Waals surface area contributed by atoms with E-state index in [0.717, 1.165) is 4.88 Å². The van der Waals surface area contributed by atoms with Gasteiger partial charge in [-0.2, -0.15) is 0 Å². The Hall–Kier alpha value is -1.40. The summed E-state index contributed by atoms with van der Waals surface area (Å²) in [5.41, 5.74) is 5.68. The van der Waals surface area contributed by atoms with Gasteiger partial charge in [0.25, 0.3) is 0 Å². The lowest BCUT2D eigenvalue weighted by Crippen LogP contribution is -2.44. The maximum Gasteiger partial charge on any atom is 0.249 e. The third kappa shape index (κ3) is 4.46. The van der Waals surface area contributed by atoms with E-state index in [4.69, 9.17) is 5.73 Å². The van der Waals surface area contributed by atoms with Crippen LogP contribution in [0.4, 0.5) is 0 Å². The molecule has 100 valence electrons. The summed E-state index contributed by atoms with van der Waals surface area (Å²) in [7, 11) is 0. The van der Waals surface area contributed by atoms with E-state index in [1.807, 2.05) is 13.8 Å². The van der Waals surface area contributed by atoms with Crippen molar-refractivity contribution in [1.29, 1.82) is 0 Å². The molecule has 0 fully saturated rings. The van der Waals surface area contributed by atoms with Gasteiger partial charge in [-0.15, -0.1) is 11.3 Å². The topological polar surface area (TPSA) is 84.2 Å². The molecule has 1 unspecified atom stereocenters. The van der Waals surface area contributed by atoms with Crippen molar-refractivity contribution in [2.45, 2.75) is 39.4 Å². The van der Waals surface area contributed by atoms with Crippen LogP contribution in [-0.4, -0.2) is 23.9 Å². The summed E-state index contributed by atoms with van der Waals surface area (Å²) in [6, 6.07) is 1.60. The predicted molar refractivity (Wildman–Crippen MR) is 72.4 cm³/mol. The highest BCUT2D eigenvalue weighted by Gasteiger charge is 2.13. The van der Waals surface area contributed by atoms with Gasteiger partial charge in [0, 0.05) is 22.8 Å². The zero-order valence-electron chi connectivity index (χ0n) is 10.8. The van der Waals surface area contributed by atoms with Gasteiger partial charge in [-0.05, 0) is 26.8 Å². The molecule has 1 heterocycles. The molecule has 0 bridgehead atoms. The van der Waals surface area contributed by atoms with Gasteiger partial charge in [0.1, 0.15) is 0 Å². The van der Waals surface area contributed by atoms with Crippen LogP contribution in [0.1, 0.15) is 36.0 Å². The summed E-state index contributed by atoms with van der Waals surface area (Å²) >= 11 is 1.45. The Balaban J connectivity index is 2.44. The number of amides is 2. The molecule has 2 amide bonds. The SMILES string of the molecule is CC(C)NC(=O)C(C)NCc1cc(C(N)=O)cs1. The van der Waals surface area contributed by atoms with E-state index >= 15 is 0 Å². The number of carbonyl (C=O) groups is 2. The summed E-state index contributed by atoms with van der Waals surface area (Å²) in [4.78, 5) is 23.5. The molecular weight excluding hydrogens is 250 g/mol. The first-order valence-electron chi connectivity index (χ1n) is 5.81. The molecule has 0 saturated carbocycles. The molecule has 1 aromatic rings. The van der Waals surface area contributed by atoms with E-state index in [1.165, 1.54) is 11.3 Å². The zero-order chi connectivity index (χ0) is 13.7. The van der Waals surface area contributed by atoms with Crippen molar-refractivity contribution in [2.24, 2.45) is 5.73 Å². The second kappa shape index (κ2) is 6.51. The quantitative estimate of drug-likeness (QED) is 0.716. The van der Waals surface area contributed by atoms with E-state index < -0.39 is 5.91 Å². The van der Waals surface area contributed by atoms with E-state index in [1.54, 1.807) is 18.4 Å². The van der Waals surface area contributed by atoms with Gasteiger partial charge in [0.05, 0.1) is 11.6 Å². The second-order valence-corrected chi connectivity index (χ2v) is 5.43. The summed E-state index contributed by atoms with van der Waals surface area (Å²) in [6.07, 6.45) is 0. The molecule has 0 saturated heterocycles. The van der Waals surface area contributed by atoms with Gasteiger partial charge in [-0.25, -0.2) is 0 Å². The molecule has 1 rings (SSSR count). The third-order valence-corrected chi connectivity index (χ3v) is 3.28. The highest BCUT2D eigenvalue weighted by atomic mass is 32.1. The Morgan fingerprint density at radius 1 is 1.39 bits per heavy atom. The first-order chi connectivity index (χ1) is 8.40. The average Bonchev–Trinajstić information content (AvgIpc) is 2.73. The second-order valence-electron chi connectivity index (χ2n) is 4.43. The lowest BCUT2D eigenvalue weighted by molar-refractivity contribution is -0.123. The van der Waals surface area contributed by atoms with Crippen molar-refractivity contribution in [2.75, 3.05) is 0 Å². The molecule has 4 N–H and O–H groups in total. The van der Waals surface area contributed by atoms with Crippen molar-refractivity contribution in [3.63, 3.8) is 0 Å². The number of hydrogen-bond donors (Lipinski definition) is 3. The van der Waals surface area contributed by atoms with Gasteiger partial charge >= 0.3 is 0 Å². The summed E-state index contributed by atoms with van der Waals surface area (Å²) < 4.78 is 0. The van der Waals surface area contributed by atoms with Crippen molar-refractivity contribution in [1.82, 2.24) is 10.6 Å². The van der Waals surface area contributed by atoms with Crippen LogP contribution >= 0.6 is 11.3 Å². The summed E-state index contributed by atoms with van der Waals surface area (Å²) in [5.74, 6) is -0.459. The fraction of sp³-hybridized carbons (Fsp3) is 0.500. The molecule has 0 aliphatic heterocycles. The van der Waals surface area contributed by atoms with Gasteiger partial charge in [-0.1, -0.05) is 0 Å². The largest absolute Gasteiger partial charge is 0.366 e. The number of carbonyl (C=O) groups excluding carboxylic acids is 2. The molecule has 0 aromatic carbocycles. The Morgan fingerprint density at radius 2 is 2.06 bits per heavy atom. The monoisotopic (exact) mass is 269 g/mol. The number of primary amides is 1.